The van der Waals surface area contributed by atoms with Crippen LogP contribution in [0.4, 0.5) is 4.39 Å². The van der Waals surface area contributed by atoms with Crippen LogP contribution >= 0.6 is 15.9 Å². The van der Waals surface area contributed by atoms with Gasteiger partial charge < -0.3 is 10.2 Å². The van der Waals surface area contributed by atoms with Crippen LogP contribution in [0, 0.1) is 5.82 Å². The topological polar surface area (TPSA) is 35.6 Å². The predicted molar refractivity (Wildman–Crippen MR) is 82.9 cm³/mol. The molecular weight excluding hydrogens is 337 g/mol. The SMILES string of the molecule is O=C(c1cc(Br)ccc1F)N1CCC(N2CCNCC2)C1. The number of hydrogen-bond acceptors (Lipinski definition) is 3. The summed E-state index contributed by atoms with van der Waals surface area (Å²) in [7, 11) is 0. The normalized spacial score (nSPS) is 23.5. The van der Waals surface area contributed by atoms with Gasteiger partial charge in [0.1, 0.15) is 5.82 Å². The van der Waals surface area contributed by atoms with Crippen LogP contribution in [0.2, 0.25) is 0 Å². The van der Waals surface area contributed by atoms with Gasteiger partial charge in [0.15, 0.2) is 0 Å². The Morgan fingerprint density at radius 3 is 2.81 bits per heavy atom. The molecule has 2 saturated heterocycles. The van der Waals surface area contributed by atoms with Gasteiger partial charge in [0, 0.05) is 49.8 Å². The summed E-state index contributed by atoms with van der Waals surface area (Å²) in [6, 6.07) is 4.92. The predicted octanol–water partition coefficient (Wildman–Crippen LogP) is 1.71. The van der Waals surface area contributed by atoms with E-state index >= 15 is 0 Å². The van der Waals surface area contributed by atoms with Crippen molar-refractivity contribution in [3.63, 3.8) is 0 Å². The van der Waals surface area contributed by atoms with Crippen LogP contribution < -0.4 is 5.32 Å². The molecule has 0 aromatic heterocycles. The highest BCUT2D eigenvalue weighted by molar-refractivity contribution is 9.10. The first-order valence-electron chi connectivity index (χ1n) is 7.34. The van der Waals surface area contributed by atoms with Gasteiger partial charge in [-0.15, -0.1) is 0 Å². The van der Waals surface area contributed by atoms with Gasteiger partial charge in [-0.05, 0) is 24.6 Å². The summed E-state index contributed by atoms with van der Waals surface area (Å²) in [5, 5.41) is 3.33. The second-order valence-corrected chi connectivity index (χ2v) is 6.52. The maximum Gasteiger partial charge on any atom is 0.256 e. The van der Waals surface area contributed by atoms with Crippen molar-refractivity contribution in [2.45, 2.75) is 12.5 Å². The second kappa shape index (κ2) is 6.42. The molecule has 1 aromatic rings. The fraction of sp³-hybridized carbons (Fsp3) is 0.533. The Kier molecular flexibility index (Phi) is 4.57. The molecule has 2 heterocycles. The number of rotatable bonds is 2. The molecule has 6 heteroatoms. The third-order valence-electron chi connectivity index (χ3n) is 4.28. The van der Waals surface area contributed by atoms with Crippen molar-refractivity contribution in [1.82, 2.24) is 15.1 Å². The number of piperazine rings is 1. The number of nitrogens with one attached hydrogen (secondary N) is 1. The minimum absolute atomic E-state index is 0.158. The van der Waals surface area contributed by atoms with Crippen molar-refractivity contribution in [3.8, 4) is 0 Å². The number of nitrogens with zero attached hydrogens (tertiary/aromatic N) is 2. The lowest BCUT2D eigenvalue weighted by molar-refractivity contribution is 0.0769. The highest BCUT2D eigenvalue weighted by atomic mass is 79.9. The summed E-state index contributed by atoms with van der Waals surface area (Å²) in [6.07, 6.45) is 0.974. The van der Waals surface area contributed by atoms with E-state index in [0.29, 0.717) is 19.1 Å². The quantitative estimate of drug-likeness (QED) is 0.877. The monoisotopic (exact) mass is 355 g/mol. The van der Waals surface area contributed by atoms with Crippen LogP contribution in [0.15, 0.2) is 22.7 Å². The van der Waals surface area contributed by atoms with E-state index in [1.165, 1.54) is 6.07 Å². The van der Waals surface area contributed by atoms with E-state index < -0.39 is 5.82 Å². The molecule has 3 rings (SSSR count). The van der Waals surface area contributed by atoms with E-state index in [2.05, 4.69) is 26.1 Å². The molecule has 2 aliphatic rings. The summed E-state index contributed by atoms with van der Waals surface area (Å²) >= 11 is 3.30. The molecule has 2 aliphatic heterocycles. The van der Waals surface area contributed by atoms with E-state index in [-0.39, 0.29) is 11.5 Å². The minimum Gasteiger partial charge on any atom is -0.337 e. The zero-order valence-electron chi connectivity index (χ0n) is 11.8. The molecule has 1 aromatic carbocycles. The largest absolute Gasteiger partial charge is 0.337 e. The van der Waals surface area contributed by atoms with E-state index in [0.717, 1.165) is 37.1 Å². The lowest BCUT2D eigenvalue weighted by atomic mass is 10.2. The molecule has 1 atom stereocenters. The number of carbonyl (C=O) groups is 1. The molecule has 1 unspecified atom stereocenters. The number of carbonyl (C=O) groups excluding carboxylic acids is 1. The van der Waals surface area contributed by atoms with Crippen LogP contribution in [0.5, 0.6) is 0 Å². The standard InChI is InChI=1S/C15H19BrFN3O/c16-11-1-2-14(17)13(9-11)15(21)20-6-3-12(10-20)19-7-4-18-5-8-19/h1-2,9,12,18H,3-8,10H2. The van der Waals surface area contributed by atoms with Crippen molar-refractivity contribution in [3.05, 3.63) is 34.1 Å². The van der Waals surface area contributed by atoms with Crippen LogP contribution in [0.25, 0.3) is 0 Å². The average molecular weight is 356 g/mol. The zero-order chi connectivity index (χ0) is 14.8. The van der Waals surface area contributed by atoms with E-state index in [1.54, 1.807) is 17.0 Å². The molecule has 21 heavy (non-hydrogen) atoms. The summed E-state index contributed by atoms with van der Waals surface area (Å²) in [4.78, 5) is 16.7. The van der Waals surface area contributed by atoms with Crippen LogP contribution in [0.1, 0.15) is 16.8 Å². The number of benzene rings is 1. The van der Waals surface area contributed by atoms with Gasteiger partial charge in [-0.2, -0.15) is 0 Å². The van der Waals surface area contributed by atoms with Crippen molar-refractivity contribution < 1.29 is 9.18 Å². The Labute approximate surface area is 132 Å². The van der Waals surface area contributed by atoms with Crippen molar-refractivity contribution in [2.24, 2.45) is 0 Å². The van der Waals surface area contributed by atoms with Crippen LogP contribution in [0.3, 0.4) is 0 Å². The number of halogens is 2. The first kappa shape index (κ1) is 14.9. The third kappa shape index (κ3) is 3.27. The number of likely N-dealkylation sites (tertiary alicyclic amines) is 1. The average Bonchev–Trinajstić information content (AvgIpc) is 3.00. The minimum atomic E-state index is -0.450. The molecule has 114 valence electrons. The van der Waals surface area contributed by atoms with Gasteiger partial charge >= 0.3 is 0 Å². The summed E-state index contributed by atoms with van der Waals surface area (Å²) < 4.78 is 14.6. The fourth-order valence-electron chi connectivity index (χ4n) is 3.10. The Morgan fingerprint density at radius 1 is 1.29 bits per heavy atom. The molecule has 0 spiro atoms. The van der Waals surface area contributed by atoms with Crippen LogP contribution in [-0.4, -0.2) is 61.0 Å². The molecule has 0 radical (unpaired) electrons. The molecule has 1 N–H and O–H groups in total. The molecule has 1 amide bonds. The number of hydrogen-bond donors (Lipinski definition) is 1. The summed E-state index contributed by atoms with van der Waals surface area (Å²) in [5.74, 6) is -0.653. The molecule has 0 saturated carbocycles. The molecule has 4 nitrogen and oxygen atoms in total. The maximum atomic E-state index is 13.8. The Balaban J connectivity index is 1.67. The summed E-state index contributed by atoms with van der Waals surface area (Å²) in [6.45, 7) is 5.47. The highest BCUT2D eigenvalue weighted by Crippen LogP contribution is 2.22. The second-order valence-electron chi connectivity index (χ2n) is 5.60. The van der Waals surface area contributed by atoms with Crippen molar-refractivity contribution >= 4 is 21.8 Å². The van der Waals surface area contributed by atoms with Crippen LogP contribution in [-0.2, 0) is 0 Å². The molecule has 0 aliphatic carbocycles. The Morgan fingerprint density at radius 2 is 2.05 bits per heavy atom. The number of amides is 1. The Bertz CT molecular complexity index is 534. The first-order valence-corrected chi connectivity index (χ1v) is 8.13. The smallest absolute Gasteiger partial charge is 0.256 e. The van der Waals surface area contributed by atoms with Gasteiger partial charge in [-0.1, -0.05) is 15.9 Å². The van der Waals surface area contributed by atoms with Gasteiger partial charge in [0.05, 0.1) is 5.56 Å². The third-order valence-corrected chi connectivity index (χ3v) is 4.77. The van der Waals surface area contributed by atoms with Gasteiger partial charge in [-0.25, -0.2) is 4.39 Å². The summed E-state index contributed by atoms with van der Waals surface area (Å²) in [5.41, 5.74) is 0.158. The zero-order valence-corrected chi connectivity index (χ0v) is 13.4. The van der Waals surface area contributed by atoms with E-state index in [4.69, 9.17) is 0 Å². The van der Waals surface area contributed by atoms with E-state index in [1.807, 2.05) is 0 Å². The first-order chi connectivity index (χ1) is 10.1. The highest BCUT2D eigenvalue weighted by Gasteiger charge is 2.32. The lowest BCUT2D eigenvalue weighted by Crippen LogP contribution is -2.49. The van der Waals surface area contributed by atoms with Crippen molar-refractivity contribution in [1.29, 1.82) is 0 Å². The molecule has 2 fully saturated rings. The van der Waals surface area contributed by atoms with Gasteiger partial charge in [0.2, 0.25) is 0 Å². The van der Waals surface area contributed by atoms with Gasteiger partial charge in [0.25, 0.3) is 5.91 Å². The molecular formula is C15H19BrFN3O. The fourth-order valence-corrected chi connectivity index (χ4v) is 3.46. The maximum absolute atomic E-state index is 13.8. The molecule has 0 bridgehead atoms. The lowest BCUT2D eigenvalue weighted by Gasteiger charge is -2.32. The van der Waals surface area contributed by atoms with E-state index in [9.17, 15) is 9.18 Å². The van der Waals surface area contributed by atoms with Gasteiger partial charge in [-0.3, -0.25) is 9.69 Å². The Hall–Kier alpha value is -0.980. The van der Waals surface area contributed by atoms with Crippen molar-refractivity contribution in [2.75, 3.05) is 39.3 Å².